The van der Waals surface area contributed by atoms with Gasteiger partial charge in [-0.1, -0.05) is 18.6 Å². The largest absolute Gasteiger partial charge is 0.497 e. The van der Waals surface area contributed by atoms with Gasteiger partial charge in [-0.05, 0) is 56.2 Å². The van der Waals surface area contributed by atoms with Crippen molar-refractivity contribution in [2.75, 3.05) is 27.3 Å². The molecule has 4 heteroatoms. The van der Waals surface area contributed by atoms with Gasteiger partial charge in [0, 0.05) is 25.6 Å². The van der Waals surface area contributed by atoms with E-state index in [4.69, 9.17) is 9.47 Å². The van der Waals surface area contributed by atoms with Crippen molar-refractivity contribution in [3.8, 4) is 5.75 Å². The van der Waals surface area contributed by atoms with E-state index in [2.05, 4.69) is 17.0 Å². The molecule has 0 unspecified atom stereocenters. The molecule has 0 radical (unpaired) electrons. The van der Waals surface area contributed by atoms with E-state index in [1.54, 1.807) is 7.11 Å². The fourth-order valence-corrected chi connectivity index (χ4v) is 5.24. The van der Waals surface area contributed by atoms with Crippen LogP contribution < -0.4 is 4.74 Å². The van der Waals surface area contributed by atoms with E-state index < -0.39 is 0 Å². The molecule has 1 aromatic rings. The molecular formula is C21H29NO3. The molecule has 2 atom stereocenters. The molecule has 3 fully saturated rings. The number of amides is 1. The number of likely N-dealkylation sites (tertiary alicyclic amines) is 1. The van der Waals surface area contributed by atoms with Crippen LogP contribution in [0.5, 0.6) is 5.75 Å². The van der Waals surface area contributed by atoms with Gasteiger partial charge in [0.25, 0.3) is 0 Å². The molecule has 136 valence electrons. The van der Waals surface area contributed by atoms with Crippen LogP contribution in [0.1, 0.15) is 50.5 Å². The second-order valence-electron chi connectivity index (χ2n) is 8.12. The molecule has 2 aliphatic carbocycles. The van der Waals surface area contributed by atoms with Gasteiger partial charge < -0.3 is 14.4 Å². The minimum atomic E-state index is -0.286. The maximum atomic E-state index is 13.4. The molecule has 2 saturated carbocycles. The van der Waals surface area contributed by atoms with Crippen molar-refractivity contribution >= 4 is 5.91 Å². The molecule has 1 saturated heterocycles. The Morgan fingerprint density at radius 1 is 1.08 bits per heavy atom. The quantitative estimate of drug-likeness (QED) is 0.839. The summed E-state index contributed by atoms with van der Waals surface area (Å²) in [4.78, 5) is 15.6. The fourth-order valence-electron chi connectivity index (χ4n) is 5.24. The number of methoxy groups -OCH3 is 2. The number of benzene rings is 1. The van der Waals surface area contributed by atoms with Gasteiger partial charge in [-0.2, -0.15) is 0 Å². The molecule has 4 nitrogen and oxygen atoms in total. The van der Waals surface area contributed by atoms with E-state index in [9.17, 15) is 4.79 Å². The van der Waals surface area contributed by atoms with Crippen LogP contribution in [0.3, 0.4) is 0 Å². The third-order valence-corrected chi connectivity index (χ3v) is 6.81. The highest BCUT2D eigenvalue weighted by Crippen LogP contribution is 2.52. The lowest BCUT2D eigenvalue weighted by molar-refractivity contribution is -0.140. The first-order valence-corrected chi connectivity index (χ1v) is 9.60. The van der Waals surface area contributed by atoms with E-state index in [0.717, 1.165) is 50.1 Å². The highest BCUT2D eigenvalue weighted by Gasteiger charge is 2.55. The second-order valence-corrected chi connectivity index (χ2v) is 8.12. The maximum absolute atomic E-state index is 13.4. The van der Waals surface area contributed by atoms with E-state index in [0.29, 0.717) is 12.0 Å². The molecule has 0 N–H and O–H groups in total. The van der Waals surface area contributed by atoms with Crippen LogP contribution in [0, 0.1) is 5.41 Å². The maximum Gasteiger partial charge on any atom is 0.233 e. The monoisotopic (exact) mass is 343 g/mol. The van der Waals surface area contributed by atoms with E-state index >= 15 is 0 Å². The first-order valence-electron chi connectivity index (χ1n) is 9.60. The van der Waals surface area contributed by atoms with E-state index in [-0.39, 0.29) is 10.8 Å². The Bertz CT molecular complexity index is 637. The van der Waals surface area contributed by atoms with Crippen LogP contribution >= 0.6 is 0 Å². The summed E-state index contributed by atoms with van der Waals surface area (Å²) >= 11 is 0. The summed E-state index contributed by atoms with van der Waals surface area (Å²) < 4.78 is 11.0. The fraction of sp³-hybridized carbons (Fsp3) is 0.667. The molecule has 4 rings (SSSR count). The number of piperidine rings is 1. The Hall–Kier alpha value is -1.55. The van der Waals surface area contributed by atoms with Crippen molar-refractivity contribution in [1.29, 1.82) is 0 Å². The molecule has 3 aliphatic rings. The van der Waals surface area contributed by atoms with E-state index in [1.807, 2.05) is 19.2 Å². The van der Waals surface area contributed by atoms with Crippen molar-refractivity contribution in [2.24, 2.45) is 5.41 Å². The third-order valence-electron chi connectivity index (χ3n) is 6.81. The van der Waals surface area contributed by atoms with E-state index in [1.165, 1.54) is 19.3 Å². The Morgan fingerprint density at radius 2 is 1.80 bits per heavy atom. The molecule has 0 bridgehead atoms. The zero-order valence-electron chi connectivity index (χ0n) is 15.4. The van der Waals surface area contributed by atoms with Gasteiger partial charge >= 0.3 is 0 Å². The van der Waals surface area contributed by atoms with Crippen molar-refractivity contribution in [3.63, 3.8) is 0 Å². The Morgan fingerprint density at radius 3 is 2.44 bits per heavy atom. The highest BCUT2D eigenvalue weighted by molar-refractivity contribution is 5.91. The van der Waals surface area contributed by atoms with Gasteiger partial charge in [-0.3, -0.25) is 4.79 Å². The summed E-state index contributed by atoms with van der Waals surface area (Å²) in [5, 5.41) is 0. The molecule has 0 aromatic heterocycles. The summed E-state index contributed by atoms with van der Waals surface area (Å²) in [5.74, 6) is 1.18. The normalized spacial score (nSPS) is 30.5. The lowest BCUT2D eigenvalue weighted by atomic mass is 9.76. The predicted octanol–water partition coefficient (Wildman–Crippen LogP) is 3.53. The average molecular weight is 343 g/mol. The summed E-state index contributed by atoms with van der Waals surface area (Å²) in [7, 11) is 3.51. The SMILES string of the molecule is COc1ccc(C2(C(=O)N3CCC[C@]4(CCC[C@H]4OC)C3)CC2)cc1. The molecule has 1 aromatic carbocycles. The van der Waals surface area contributed by atoms with Gasteiger partial charge in [0.05, 0.1) is 18.6 Å². The van der Waals surface area contributed by atoms with Gasteiger partial charge in [-0.15, -0.1) is 0 Å². The number of ether oxygens (including phenoxy) is 2. The third kappa shape index (κ3) is 2.75. The first kappa shape index (κ1) is 16.9. The molecule has 1 aliphatic heterocycles. The minimum absolute atomic E-state index is 0.193. The summed E-state index contributed by atoms with van der Waals surface area (Å²) in [6.45, 7) is 1.77. The minimum Gasteiger partial charge on any atom is -0.497 e. The number of rotatable bonds is 4. The van der Waals surface area contributed by atoms with Crippen LogP contribution in [-0.2, 0) is 14.9 Å². The summed E-state index contributed by atoms with van der Waals surface area (Å²) in [5.41, 5.74) is 1.05. The topological polar surface area (TPSA) is 38.8 Å². The second kappa shape index (κ2) is 6.31. The predicted molar refractivity (Wildman–Crippen MR) is 96.8 cm³/mol. The molecular weight excluding hydrogens is 314 g/mol. The Balaban J connectivity index is 1.54. The van der Waals surface area contributed by atoms with Gasteiger partial charge in [0.15, 0.2) is 0 Å². The Kier molecular flexibility index (Phi) is 4.27. The molecule has 25 heavy (non-hydrogen) atoms. The number of carbonyl (C=O) groups is 1. The van der Waals surface area contributed by atoms with Crippen molar-refractivity contribution in [2.45, 2.75) is 56.5 Å². The van der Waals surface area contributed by atoms with Crippen molar-refractivity contribution in [3.05, 3.63) is 29.8 Å². The summed E-state index contributed by atoms with van der Waals surface area (Å²) in [6, 6.07) is 8.07. The van der Waals surface area contributed by atoms with Crippen LogP contribution in [-0.4, -0.2) is 44.2 Å². The molecule has 1 amide bonds. The first-order chi connectivity index (χ1) is 12.1. The summed E-state index contributed by atoms with van der Waals surface area (Å²) in [6.07, 6.45) is 8.12. The lowest BCUT2D eigenvalue weighted by Crippen LogP contribution is -2.52. The van der Waals surface area contributed by atoms with Crippen LogP contribution in [0.15, 0.2) is 24.3 Å². The average Bonchev–Trinajstić information content (AvgIpc) is 3.38. The van der Waals surface area contributed by atoms with Gasteiger partial charge in [-0.25, -0.2) is 0 Å². The number of hydrogen-bond donors (Lipinski definition) is 0. The standard InChI is InChI=1S/C21H29NO3/c1-24-17-8-6-16(7-9-17)21(12-13-21)19(23)22-14-4-11-20(15-22)10-3-5-18(20)25-2/h6-9,18H,3-5,10-15H2,1-2H3/t18-,20-/m1/s1. The number of hydrogen-bond acceptors (Lipinski definition) is 3. The van der Waals surface area contributed by atoms with Gasteiger partial charge in [0.1, 0.15) is 5.75 Å². The van der Waals surface area contributed by atoms with Crippen molar-refractivity contribution < 1.29 is 14.3 Å². The number of nitrogens with zero attached hydrogens (tertiary/aromatic N) is 1. The van der Waals surface area contributed by atoms with Crippen LogP contribution in [0.25, 0.3) is 0 Å². The highest BCUT2D eigenvalue weighted by atomic mass is 16.5. The van der Waals surface area contributed by atoms with Crippen LogP contribution in [0.4, 0.5) is 0 Å². The lowest BCUT2D eigenvalue weighted by Gasteiger charge is -2.44. The molecule has 1 spiro atoms. The zero-order chi connectivity index (χ0) is 17.5. The van der Waals surface area contributed by atoms with Crippen molar-refractivity contribution in [1.82, 2.24) is 4.90 Å². The molecule has 1 heterocycles. The smallest absolute Gasteiger partial charge is 0.233 e. The Labute approximate surface area is 150 Å². The zero-order valence-corrected chi connectivity index (χ0v) is 15.4. The number of carbonyl (C=O) groups excluding carboxylic acids is 1. The van der Waals surface area contributed by atoms with Gasteiger partial charge in [0.2, 0.25) is 5.91 Å². The van der Waals surface area contributed by atoms with Crippen LogP contribution in [0.2, 0.25) is 0 Å².